The summed E-state index contributed by atoms with van der Waals surface area (Å²) in [5.41, 5.74) is 2.39. The first-order valence-electron chi connectivity index (χ1n) is 21.0. The van der Waals surface area contributed by atoms with Gasteiger partial charge in [0.15, 0.2) is 12.1 Å². The fraction of sp³-hybridized carbons (Fsp3) is 0.886. The number of hydrogen-bond donors (Lipinski definition) is 0. The third kappa shape index (κ3) is 8.93. The average molecular weight is 697 g/mol. The monoisotopic (exact) mass is 697 g/mol. The van der Waals surface area contributed by atoms with Crippen LogP contribution in [0.15, 0.2) is 23.8 Å². The molecule has 2 heterocycles. The highest BCUT2D eigenvalue weighted by atomic mass is 16.7. The quantitative estimate of drug-likeness (QED) is 0.133. The molecule has 3 saturated carbocycles. The lowest BCUT2D eigenvalue weighted by molar-refractivity contribution is -0.180. The van der Waals surface area contributed by atoms with Gasteiger partial charge < -0.3 is 23.7 Å². The normalized spacial score (nSPS) is 39.4. The highest BCUT2D eigenvalue weighted by molar-refractivity contribution is 5.69. The molecule has 6 aliphatic rings. The molecule has 5 fully saturated rings. The largest absolute Gasteiger partial charge is 0.462 e. The first-order chi connectivity index (χ1) is 23.9. The maximum Gasteiger partial charge on any atom is 0.306 e. The van der Waals surface area contributed by atoms with Crippen molar-refractivity contribution >= 4 is 5.97 Å². The number of fused-ring (bicyclic) bond motifs is 5. The van der Waals surface area contributed by atoms with Crippen molar-refractivity contribution in [2.45, 2.75) is 188 Å². The van der Waals surface area contributed by atoms with Crippen molar-refractivity contribution < 1.29 is 28.5 Å². The van der Waals surface area contributed by atoms with Crippen LogP contribution >= 0.6 is 0 Å². The predicted octanol–water partition coefficient (Wildman–Crippen LogP) is 10.7. The van der Waals surface area contributed by atoms with E-state index >= 15 is 0 Å². The van der Waals surface area contributed by atoms with Gasteiger partial charge in [0.05, 0.1) is 12.7 Å². The van der Waals surface area contributed by atoms with Crippen molar-refractivity contribution in [2.75, 3.05) is 13.2 Å². The smallest absolute Gasteiger partial charge is 0.306 e. The Balaban J connectivity index is 0.990. The molecule has 0 aromatic carbocycles. The summed E-state index contributed by atoms with van der Waals surface area (Å²) in [7, 11) is 0. The molecule has 2 saturated heterocycles. The Morgan fingerprint density at radius 1 is 0.960 bits per heavy atom. The zero-order valence-corrected chi connectivity index (χ0v) is 32.9. The molecule has 6 nitrogen and oxygen atoms in total. The van der Waals surface area contributed by atoms with Crippen LogP contribution in [-0.2, 0) is 28.5 Å². The highest BCUT2D eigenvalue weighted by Crippen LogP contribution is 2.67. The highest BCUT2D eigenvalue weighted by Gasteiger charge is 2.59. The van der Waals surface area contributed by atoms with Gasteiger partial charge in [-0.3, -0.25) is 4.79 Å². The fourth-order valence-electron chi connectivity index (χ4n) is 11.7. The Hall–Kier alpha value is -1.21. The molecule has 0 aromatic rings. The molecule has 0 amide bonds. The molecule has 284 valence electrons. The zero-order chi connectivity index (χ0) is 35.5. The number of rotatable bonds is 14. The molecule has 0 bridgehead atoms. The van der Waals surface area contributed by atoms with E-state index in [1.54, 1.807) is 5.57 Å². The molecule has 6 rings (SSSR count). The van der Waals surface area contributed by atoms with Crippen LogP contribution < -0.4 is 0 Å². The second-order valence-electron chi connectivity index (χ2n) is 18.8. The zero-order valence-electron chi connectivity index (χ0n) is 32.9. The molecule has 11 atom stereocenters. The molecule has 50 heavy (non-hydrogen) atoms. The maximum atomic E-state index is 13.2. The lowest BCUT2D eigenvalue weighted by Crippen LogP contribution is -2.51. The van der Waals surface area contributed by atoms with Gasteiger partial charge in [-0.1, -0.05) is 77.7 Å². The standard InChI is InChI=1S/C44H72O6/c1-30(2)12-10-13-31(3)37-21-22-38-36-20-17-32-28-34(23-25-43(32,6)39(36)24-26-44(37,38)7)48-40(45)15-11-14-33(49-41-16-8-9-27-46-41)18-19-35-29-47-42(4,5)50-35/h17-19,30-31,33-39,41H,8-16,20-29H2,1-7H3/b19-18+/t31-,33?,34+,35+,36+,37-,38+,39+,41?,43+,44-/m1/s1. The number of carbonyl (C=O) groups excluding carboxylic acids is 1. The van der Waals surface area contributed by atoms with Crippen LogP contribution in [-0.4, -0.2) is 49.6 Å². The van der Waals surface area contributed by atoms with Gasteiger partial charge in [-0.25, -0.2) is 0 Å². The van der Waals surface area contributed by atoms with Crippen molar-refractivity contribution in [3.8, 4) is 0 Å². The Labute approximate surface area is 305 Å². The number of esters is 1. The summed E-state index contributed by atoms with van der Waals surface area (Å²) in [5.74, 6) is 4.45. The van der Waals surface area contributed by atoms with Gasteiger partial charge in [-0.05, 0) is 137 Å². The minimum absolute atomic E-state index is 0.0141. The molecule has 0 aromatic heterocycles. The molecule has 0 radical (unpaired) electrons. The van der Waals surface area contributed by atoms with Gasteiger partial charge in [0, 0.05) is 19.4 Å². The van der Waals surface area contributed by atoms with Crippen LogP contribution in [0.2, 0.25) is 0 Å². The second-order valence-corrected chi connectivity index (χ2v) is 18.8. The third-order valence-electron chi connectivity index (χ3n) is 14.5. The van der Waals surface area contributed by atoms with Gasteiger partial charge in [0.25, 0.3) is 0 Å². The SMILES string of the molecule is CC(C)CCC[C@@H](C)[C@H]1CC[C@H]2[C@@H]3CC=C4C[C@@H](OC(=O)CCCC(/C=C/[C@H]5COC(C)(C)O5)OC5CCCCO5)CC[C@]4(C)[C@H]3CC[C@]12C. The van der Waals surface area contributed by atoms with E-state index in [1.807, 2.05) is 13.8 Å². The van der Waals surface area contributed by atoms with Crippen LogP contribution in [0.5, 0.6) is 0 Å². The lowest BCUT2D eigenvalue weighted by atomic mass is 9.47. The molecular formula is C44H72O6. The van der Waals surface area contributed by atoms with Gasteiger partial charge in [0.2, 0.25) is 0 Å². The summed E-state index contributed by atoms with van der Waals surface area (Å²) in [6.07, 6.45) is 25.5. The van der Waals surface area contributed by atoms with Gasteiger partial charge in [0.1, 0.15) is 12.2 Å². The Morgan fingerprint density at radius 3 is 2.54 bits per heavy atom. The molecule has 0 spiro atoms. The minimum Gasteiger partial charge on any atom is -0.462 e. The maximum absolute atomic E-state index is 13.2. The van der Waals surface area contributed by atoms with Crippen LogP contribution in [0.1, 0.15) is 158 Å². The minimum atomic E-state index is -0.559. The second kappa shape index (κ2) is 16.4. The Kier molecular flexibility index (Phi) is 12.7. The Bertz CT molecular complexity index is 1180. The van der Waals surface area contributed by atoms with E-state index < -0.39 is 5.79 Å². The van der Waals surface area contributed by atoms with Crippen molar-refractivity contribution in [1.29, 1.82) is 0 Å². The molecular weight excluding hydrogens is 624 g/mol. The fourth-order valence-corrected chi connectivity index (χ4v) is 11.7. The molecule has 2 unspecified atom stereocenters. The van der Waals surface area contributed by atoms with Crippen molar-refractivity contribution in [1.82, 2.24) is 0 Å². The first-order valence-corrected chi connectivity index (χ1v) is 21.0. The number of carbonyl (C=O) groups is 1. The average Bonchev–Trinajstić information content (AvgIpc) is 3.62. The topological polar surface area (TPSA) is 63.2 Å². The molecule has 0 N–H and O–H groups in total. The van der Waals surface area contributed by atoms with Crippen LogP contribution in [0.4, 0.5) is 0 Å². The summed E-state index contributed by atoms with van der Waals surface area (Å²) in [5, 5.41) is 0. The number of hydrogen-bond acceptors (Lipinski definition) is 6. The molecule has 4 aliphatic carbocycles. The molecule has 6 heteroatoms. The predicted molar refractivity (Wildman–Crippen MR) is 199 cm³/mol. The number of allylic oxidation sites excluding steroid dienone is 1. The summed E-state index contributed by atoms with van der Waals surface area (Å²) in [4.78, 5) is 13.2. The van der Waals surface area contributed by atoms with Crippen molar-refractivity contribution in [3.63, 3.8) is 0 Å². The summed E-state index contributed by atoms with van der Waals surface area (Å²) >= 11 is 0. The third-order valence-corrected chi connectivity index (χ3v) is 14.5. The summed E-state index contributed by atoms with van der Waals surface area (Å²) in [6, 6.07) is 0. The lowest BCUT2D eigenvalue weighted by Gasteiger charge is -2.58. The number of ether oxygens (including phenoxy) is 5. The van der Waals surface area contributed by atoms with Gasteiger partial charge in [-0.2, -0.15) is 0 Å². The van der Waals surface area contributed by atoms with E-state index in [0.717, 1.165) is 93.5 Å². The van der Waals surface area contributed by atoms with Crippen molar-refractivity contribution in [2.24, 2.45) is 46.3 Å². The molecule has 2 aliphatic heterocycles. The Morgan fingerprint density at radius 2 is 1.80 bits per heavy atom. The van der Waals surface area contributed by atoms with E-state index in [2.05, 4.69) is 52.8 Å². The summed E-state index contributed by atoms with van der Waals surface area (Å²) in [6.45, 7) is 17.7. The van der Waals surface area contributed by atoms with E-state index in [-0.39, 0.29) is 36.0 Å². The van der Waals surface area contributed by atoms with E-state index in [0.29, 0.717) is 18.4 Å². The van der Waals surface area contributed by atoms with Crippen LogP contribution in [0.25, 0.3) is 0 Å². The first kappa shape index (κ1) is 38.5. The van der Waals surface area contributed by atoms with E-state index in [9.17, 15) is 4.79 Å². The van der Waals surface area contributed by atoms with Crippen LogP contribution in [0, 0.1) is 46.3 Å². The van der Waals surface area contributed by atoms with E-state index in [1.165, 1.54) is 51.4 Å². The van der Waals surface area contributed by atoms with E-state index in [4.69, 9.17) is 23.7 Å². The van der Waals surface area contributed by atoms with Crippen LogP contribution in [0.3, 0.4) is 0 Å². The van der Waals surface area contributed by atoms with Crippen molar-refractivity contribution in [3.05, 3.63) is 23.8 Å². The summed E-state index contributed by atoms with van der Waals surface area (Å²) < 4.78 is 30.1. The van der Waals surface area contributed by atoms with Gasteiger partial charge >= 0.3 is 5.97 Å². The van der Waals surface area contributed by atoms with Gasteiger partial charge in [-0.15, -0.1) is 0 Å².